The highest BCUT2D eigenvalue weighted by atomic mass is 127. The van der Waals surface area contributed by atoms with Crippen LogP contribution in [0, 0.1) is 9.39 Å². The summed E-state index contributed by atoms with van der Waals surface area (Å²) >= 11 is 13.9. The Hall–Kier alpha value is -0.460. The molecule has 1 heterocycles. The lowest BCUT2D eigenvalue weighted by atomic mass is 10.1. The number of halogens is 4. The van der Waals surface area contributed by atoms with Gasteiger partial charge in [0, 0.05) is 6.42 Å². The summed E-state index contributed by atoms with van der Waals surface area (Å²) in [7, 11) is 0. The average Bonchev–Trinajstić information content (AvgIpc) is 2.39. The van der Waals surface area contributed by atoms with Crippen LogP contribution in [-0.2, 0) is 12.8 Å². The summed E-state index contributed by atoms with van der Waals surface area (Å²) in [5, 5.41) is 0.509. The van der Waals surface area contributed by atoms with Crippen LogP contribution in [0.25, 0.3) is 0 Å². The summed E-state index contributed by atoms with van der Waals surface area (Å²) in [6, 6.07) is 4.89. The fourth-order valence-corrected chi connectivity index (χ4v) is 2.70. The van der Waals surface area contributed by atoms with E-state index in [1.807, 2.05) is 6.92 Å². The third-order valence-electron chi connectivity index (χ3n) is 2.64. The van der Waals surface area contributed by atoms with Crippen molar-refractivity contribution < 1.29 is 4.39 Å². The van der Waals surface area contributed by atoms with Crippen molar-refractivity contribution in [2.24, 2.45) is 0 Å². The number of hydrogen-bond acceptors (Lipinski definition) is 2. The quantitative estimate of drug-likeness (QED) is 0.542. The van der Waals surface area contributed by atoms with E-state index in [-0.39, 0.29) is 11.4 Å². The minimum Gasteiger partial charge on any atom is -0.236 e. The van der Waals surface area contributed by atoms with E-state index in [1.54, 1.807) is 12.1 Å². The zero-order valence-corrected chi connectivity index (χ0v) is 13.7. The summed E-state index contributed by atoms with van der Waals surface area (Å²) in [5.74, 6) is 0.0731. The minimum atomic E-state index is -0.430. The molecule has 0 radical (unpaired) electrons. The monoisotopic (exact) mass is 410 g/mol. The lowest BCUT2D eigenvalue weighted by molar-refractivity contribution is 0.612. The molecule has 6 heteroatoms. The topological polar surface area (TPSA) is 25.8 Å². The summed E-state index contributed by atoms with van der Waals surface area (Å²) in [6.45, 7) is 1.99. The Kier molecular flexibility index (Phi) is 4.97. The lowest BCUT2D eigenvalue weighted by Crippen LogP contribution is -2.05. The van der Waals surface area contributed by atoms with E-state index < -0.39 is 5.82 Å². The second-order valence-corrected chi connectivity index (χ2v) is 5.78. The predicted octanol–water partition coefficient (Wildman–Crippen LogP) is 4.68. The first-order valence-corrected chi connectivity index (χ1v) is 7.50. The second-order valence-electron chi connectivity index (χ2n) is 3.93. The number of benzene rings is 1. The molecular weight excluding hydrogens is 401 g/mol. The highest BCUT2D eigenvalue weighted by Gasteiger charge is 2.12. The van der Waals surface area contributed by atoms with Gasteiger partial charge in [-0.05, 0) is 40.6 Å². The Bertz CT molecular complexity index is 620. The van der Waals surface area contributed by atoms with Crippen molar-refractivity contribution in [1.29, 1.82) is 0 Å². The predicted molar refractivity (Wildman–Crippen MR) is 83.4 cm³/mol. The molecule has 0 amide bonds. The highest BCUT2D eigenvalue weighted by Crippen LogP contribution is 2.23. The Balaban J connectivity index is 2.38. The highest BCUT2D eigenvalue weighted by molar-refractivity contribution is 14.1. The molecule has 2 aromatic rings. The van der Waals surface area contributed by atoms with Gasteiger partial charge in [-0.1, -0.05) is 42.3 Å². The summed E-state index contributed by atoms with van der Waals surface area (Å²) in [4.78, 5) is 8.59. The van der Waals surface area contributed by atoms with Gasteiger partial charge in [-0.25, -0.2) is 14.4 Å². The van der Waals surface area contributed by atoms with Crippen LogP contribution < -0.4 is 0 Å². The van der Waals surface area contributed by atoms with E-state index in [0.717, 1.165) is 15.7 Å². The molecule has 1 aromatic heterocycles. The van der Waals surface area contributed by atoms with E-state index in [1.165, 1.54) is 6.07 Å². The Morgan fingerprint density at radius 2 is 2.00 bits per heavy atom. The van der Waals surface area contributed by atoms with E-state index in [9.17, 15) is 4.39 Å². The zero-order chi connectivity index (χ0) is 14.0. The van der Waals surface area contributed by atoms with Crippen LogP contribution in [-0.4, -0.2) is 9.97 Å². The molecule has 2 rings (SSSR count). The molecule has 0 aliphatic heterocycles. The number of aryl methyl sites for hydroxylation is 1. The fourth-order valence-electron chi connectivity index (χ4n) is 1.68. The third kappa shape index (κ3) is 3.35. The maximum Gasteiger partial charge on any atom is 0.146 e. The Labute approximate surface area is 134 Å². The minimum absolute atomic E-state index is 0.102. The smallest absolute Gasteiger partial charge is 0.146 e. The molecule has 0 aliphatic carbocycles. The van der Waals surface area contributed by atoms with E-state index in [0.29, 0.717) is 16.5 Å². The Morgan fingerprint density at radius 3 is 2.68 bits per heavy atom. The van der Waals surface area contributed by atoms with Gasteiger partial charge in [0.05, 0.1) is 14.3 Å². The molecule has 2 nitrogen and oxygen atoms in total. The number of hydrogen-bond donors (Lipinski definition) is 0. The van der Waals surface area contributed by atoms with Crippen LogP contribution in [0.5, 0.6) is 0 Å². The van der Waals surface area contributed by atoms with Crippen molar-refractivity contribution in [3.05, 3.63) is 54.8 Å². The molecule has 0 fully saturated rings. The van der Waals surface area contributed by atoms with Gasteiger partial charge in [-0.15, -0.1) is 0 Å². The first-order chi connectivity index (χ1) is 9.02. The zero-order valence-electron chi connectivity index (χ0n) is 10.1. The second kappa shape index (κ2) is 6.33. The fraction of sp³-hybridized carbons (Fsp3) is 0.231. The van der Waals surface area contributed by atoms with Gasteiger partial charge in [-0.3, -0.25) is 0 Å². The maximum atomic E-state index is 13.8. The van der Waals surface area contributed by atoms with Gasteiger partial charge in [-0.2, -0.15) is 0 Å². The SMILES string of the molecule is CCc1nc(Cc2cccc(Cl)c2F)nc(Cl)c1I. The normalized spacial score (nSPS) is 10.8. The van der Waals surface area contributed by atoms with Crippen molar-refractivity contribution >= 4 is 45.8 Å². The van der Waals surface area contributed by atoms with Crippen LogP contribution in [0.2, 0.25) is 10.2 Å². The molecule has 19 heavy (non-hydrogen) atoms. The lowest BCUT2D eigenvalue weighted by Gasteiger charge is -2.08. The van der Waals surface area contributed by atoms with Gasteiger partial charge in [0.25, 0.3) is 0 Å². The van der Waals surface area contributed by atoms with E-state index >= 15 is 0 Å². The van der Waals surface area contributed by atoms with Gasteiger partial charge < -0.3 is 0 Å². The summed E-state index contributed by atoms with van der Waals surface area (Å²) in [6.07, 6.45) is 1.03. The first-order valence-electron chi connectivity index (χ1n) is 5.66. The van der Waals surface area contributed by atoms with Crippen molar-refractivity contribution in [2.45, 2.75) is 19.8 Å². The van der Waals surface area contributed by atoms with Crippen LogP contribution >= 0.6 is 45.8 Å². The molecule has 0 bridgehead atoms. The largest absolute Gasteiger partial charge is 0.236 e. The molecule has 100 valence electrons. The van der Waals surface area contributed by atoms with Crippen LogP contribution in [0.1, 0.15) is 24.0 Å². The third-order valence-corrected chi connectivity index (χ3v) is 4.66. The van der Waals surface area contributed by atoms with Gasteiger partial charge in [0.1, 0.15) is 16.8 Å². The molecule has 0 atom stereocenters. The molecule has 0 aliphatic rings. The Morgan fingerprint density at radius 1 is 1.26 bits per heavy atom. The van der Waals surface area contributed by atoms with Crippen molar-refractivity contribution in [3.8, 4) is 0 Å². The molecular formula is C13H10Cl2FIN2. The van der Waals surface area contributed by atoms with E-state index in [2.05, 4.69) is 32.6 Å². The van der Waals surface area contributed by atoms with Crippen LogP contribution in [0.4, 0.5) is 4.39 Å². The average molecular weight is 411 g/mol. The molecule has 0 saturated carbocycles. The first kappa shape index (κ1) is 14.9. The van der Waals surface area contributed by atoms with Gasteiger partial charge >= 0.3 is 0 Å². The molecule has 0 spiro atoms. The summed E-state index contributed by atoms with van der Waals surface area (Å²) < 4.78 is 14.7. The summed E-state index contributed by atoms with van der Waals surface area (Å²) in [5.41, 5.74) is 1.34. The molecule has 0 N–H and O–H groups in total. The molecule has 0 saturated heterocycles. The van der Waals surface area contributed by atoms with Crippen molar-refractivity contribution in [2.75, 3.05) is 0 Å². The number of aromatic nitrogens is 2. The molecule has 0 unspecified atom stereocenters. The van der Waals surface area contributed by atoms with Crippen molar-refractivity contribution in [1.82, 2.24) is 9.97 Å². The maximum absolute atomic E-state index is 13.8. The van der Waals surface area contributed by atoms with Crippen LogP contribution in [0.15, 0.2) is 18.2 Å². The number of rotatable bonds is 3. The standard InChI is InChI=1S/C13H10Cl2FIN2/c1-2-9-12(17)13(15)19-10(18-9)6-7-4-3-5-8(14)11(7)16/h3-5H,2,6H2,1H3. The van der Waals surface area contributed by atoms with Crippen molar-refractivity contribution in [3.63, 3.8) is 0 Å². The van der Waals surface area contributed by atoms with Gasteiger partial charge in [0.15, 0.2) is 0 Å². The molecule has 1 aromatic carbocycles. The van der Waals surface area contributed by atoms with E-state index in [4.69, 9.17) is 23.2 Å². The van der Waals surface area contributed by atoms with Gasteiger partial charge in [0.2, 0.25) is 0 Å². The number of nitrogens with zero attached hydrogens (tertiary/aromatic N) is 2. The van der Waals surface area contributed by atoms with Crippen LogP contribution in [0.3, 0.4) is 0 Å².